The number of amides is 1. The molecule has 1 amide bonds. The average molecular weight is 422 g/mol. The number of carbonyl (C=O) groups excluding carboxylic acids is 3. The second kappa shape index (κ2) is 9.47. The van der Waals surface area contributed by atoms with Gasteiger partial charge in [0.15, 0.2) is 5.78 Å². The van der Waals surface area contributed by atoms with Gasteiger partial charge in [-0.25, -0.2) is 4.79 Å². The van der Waals surface area contributed by atoms with Crippen molar-refractivity contribution in [3.8, 4) is 6.07 Å². The molecule has 1 aromatic carbocycles. The van der Waals surface area contributed by atoms with Crippen molar-refractivity contribution in [3.63, 3.8) is 0 Å². The van der Waals surface area contributed by atoms with Gasteiger partial charge in [-0.3, -0.25) is 9.59 Å². The minimum Gasteiger partial charge on any atom is -0.465 e. The van der Waals surface area contributed by atoms with Gasteiger partial charge in [0, 0.05) is 44.5 Å². The number of benzene rings is 1. The van der Waals surface area contributed by atoms with Crippen LogP contribution in [0.5, 0.6) is 0 Å². The molecule has 1 aliphatic heterocycles. The van der Waals surface area contributed by atoms with Crippen molar-refractivity contribution in [1.82, 2.24) is 9.88 Å². The quantitative estimate of drug-likeness (QED) is 0.586. The van der Waals surface area contributed by atoms with Crippen molar-refractivity contribution < 1.29 is 19.1 Å². The molecular weight excluding hydrogens is 396 g/mol. The third-order valence-corrected chi connectivity index (χ3v) is 5.61. The molecule has 1 N–H and O–H groups in total. The molecule has 162 valence electrons. The fourth-order valence-corrected chi connectivity index (χ4v) is 3.96. The van der Waals surface area contributed by atoms with Crippen LogP contribution in [0.25, 0.3) is 0 Å². The highest BCUT2D eigenvalue weighted by molar-refractivity contribution is 6.01. The molecule has 0 bridgehead atoms. The summed E-state index contributed by atoms with van der Waals surface area (Å²) >= 11 is 0. The Morgan fingerprint density at radius 1 is 1.13 bits per heavy atom. The number of hydrogen-bond donors (Lipinski definition) is 1. The van der Waals surface area contributed by atoms with Gasteiger partial charge in [-0.2, -0.15) is 5.26 Å². The van der Waals surface area contributed by atoms with Crippen LogP contribution in [0.15, 0.2) is 24.3 Å². The number of methoxy groups -OCH3 is 1. The van der Waals surface area contributed by atoms with Crippen molar-refractivity contribution >= 4 is 23.3 Å². The first-order valence-electron chi connectivity index (χ1n) is 10.2. The summed E-state index contributed by atoms with van der Waals surface area (Å²) in [6.45, 7) is 5.72. The van der Waals surface area contributed by atoms with Crippen LogP contribution < -0.4 is 4.90 Å². The van der Waals surface area contributed by atoms with Gasteiger partial charge in [0.2, 0.25) is 5.91 Å². The molecule has 0 unspecified atom stereocenters. The van der Waals surface area contributed by atoms with Crippen molar-refractivity contribution in [2.75, 3.05) is 38.2 Å². The Labute approximate surface area is 181 Å². The minimum absolute atomic E-state index is 0.00454. The Morgan fingerprint density at radius 3 is 2.45 bits per heavy atom. The molecule has 0 spiro atoms. The number of esters is 1. The zero-order valence-corrected chi connectivity index (χ0v) is 18.0. The summed E-state index contributed by atoms with van der Waals surface area (Å²) in [7, 11) is 1.28. The third-order valence-electron chi connectivity index (χ3n) is 5.61. The Bertz CT molecular complexity index is 1030. The third kappa shape index (κ3) is 4.77. The molecule has 3 rings (SSSR count). The number of rotatable bonds is 5. The first-order chi connectivity index (χ1) is 14.8. The van der Waals surface area contributed by atoms with Crippen LogP contribution in [0.1, 0.15) is 51.0 Å². The maximum absolute atomic E-state index is 13.0. The number of aromatic nitrogens is 1. The zero-order valence-electron chi connectivity index (χ0n) is 18.0. The van der Waals surface area contributed by atoms with E-state index in [1.807, 2.05) is 12.1 Å². The summed E-state index contributed by atoms with van der Waals surface area (Å²) in [6, 6.07) is 9.53. The topological polar surface area (TPSA) is 106 Å². The largest absolute Gasteiger partial charge is 0.465 e. The molecule has 0 radical (unpaired) electrons. The summed E-state index contributed by atoms with van der Waals surface area (Å²) in [4.78, 5) is 44.1. The lowest BCUT2D eigenvalue weighted by Gasteiger charge is -2.24. The van der Waals surface area contributed by atoms with Gasteiger partial charge in [0.1, 0.15) is 0 Å². The van der Waals surface area contributed by atoms with Crippen LogP contribution in [-0.4, -0.2) is 60.8 Å². The molecule has 2 heterocycles. The molecule has 1 saturated heterocycles. The summed E-state index contributed by atoms with van der Waals surface area (Å²) in [5.74, 6) is -0.871. The van der Waals surface area contributed by atoms with Crippen LogP contribution in [0.3, 0.4) is 0 Å². The fourth-order valence-electron chi connectivity index (χ4n) is 3.96. The van der Waals surface area contributed by atoms with Crippen molar-refractivity contribution in [2.45, 2.75) is 26.7 Å². The zero-order chi connectivity index (χ0) is 22.5. The Hall–Kier alpha value is -3.60. The summed E-state index contributed by atoms with van der Waals surface area (Å²) in [5, 5.41) is 8.96. The van der Waals surface area contributed by atoms with Crippen LogP contribution in [0.4, 0.5) is 5.69 Å². The predicted octanol–water partition coefficient (Wildman–Crippen LogP) is 2.47. The standard InChI is InChI=1S/C23H26N4O4/c1-15-21(23(30)31-3)19(25-22(15)16(2)28)13-20(29)27-10-4-9-26(11-12-27)18-7-5-17(14-24)6-8-18/h5-8,25H,4,9-13H2,1-3H3. The minimum atomic E-state index is -0.563. The molecule has 1 fully saturated rings. The van der Waals surface area contributed by atoms with E-state index in [-0.39, 0.29) is 23.7 Å². The number of H-pyrrole nitrogens is 1. The van der Waals surface area contributed by atoms with Crippen LogP contribution >= 0.6 is 0 Å². The maximum Gasteiger partial charge on any atom is 0.339 e. The van der Waals surface area contributed by atoms with Gasteiger partial charge in [-0.15, -0.1) is 0 Å². The van der Waals surface area contributed by atoms with E-state index < -0.39 is 5.97 Å². The van der Waals surface area contributed by atoms with E-state index in [4.69, 9.17) is 10.00 Å². The van der Waals surface area contributed by atoms with E-state index in [1.165, 1.54) is 14.0 Å². The van der Waals surface area contributed by atoms with E-state index in [0.717, 1.165) is 18.7 Å². The SMILES string of the molecule is COC(=O)c1c(CC(=O)N2CCCN(c3ccc(C#N)cc3)CC2)[nH]c(C(C)=O)c1C. The fraction of sp³-hybridized carbons (Fsp3) is 0.391. The number of aromatic amines is 1. The number of carbonyl (C=O) groups is 3. The Morgan fingerprint density at radius 2 is 1.84 bits per heavy atom. The van der Waals surface area contributed by atoms with Crippen molar-refractivity contribution in [2.24, 2.45) is 0 Å². The lowest BCUT2D eigenvalue weighted by molar-refractivity contribution is -0.130. The highest BCUT2D eigenvalue weighted by atomic mass is 16.5. The van der Waals surface area contributed by atoms with Crippen LogP contribution in [-0.2, 0) is 16.0 Å². The molecule has 1 aliphatic rings. The second-order valence-corrected chi connectivity index (χ2v) is 7.58. The lowest BCUT2D eigenvalue weighted by atomic mass is 10.1. The average Bonchev–Trinajstić information content (AvgIpc) is 2.93. The number of nitrogens with zero attached hydrogens (tertiary/aromatic N) is 3. The van der Waals surface area contributed by atoms with E-state index in [9.17, 15) is 14.4 Å². The maximum atomic E-state index is 13.0. The van der Waals surface area contributed by atoms with E-state index >= 15 is 0 Å². The monoisotopic (exact) mass is 422 g/mol. The van der Waals surface area contributed by atoms with Gasteiger partial charge in [0.25, 0.3) is 0 Å². The lowest BCUT2D eigenvalue weighted by Crippen LogP contribution is -2.36. The van der Waals surface area contributed by atoms with Gasteiger partial charge in [-0.1, -0.05) is 0 Å². The first kappa shape index (κ1) is 22.1. The highest BCUT2D eigenvalue weighted by Gasteiger charge is 2.26. The second-order valence-electron chi connectivity index (χ2n) is 7.58. The molecule has 0 aliphatic carbocycles. The number of anilines is 1. The molecule has 0 saturated carbocycles. The van der Waals surface area contributed by atoms with Gasteiger partial charge in [-0.05, 0) is 43.2 Å². The van der Waals surface area contributed by atoms with Crippen LogP contribution in [0.2, 0.25) is 0 Å². The normalized spacial score (nSPS) is 14.0. The molecule has 8 heteroatoms. The predicted molar refractivity (Wildman–Crippen MR) is 115 cm³/mol. The smallest absolute Gasteiger partial charge is 0.339 e. The number of ether oxygens (including phenoxy) is 1. The molecular formula is C23H26N4O4. The van der Waals surface area contributed by atoms with E-state index in [1.54, 1.807) is 24.0 Å². The molecule has 1 aromatic heterocycles. The summed E-state index contributed by atoms with van der Waals surface area (Å²) in [6.07, 6.45) is 0.799. The molecule has 2 aromatic rings. The van der Waals surface area contributed by atoms with E-state index in [0.29, 0.717) is 42.1 Å². The number of nitriles is 1. The van der Waals surface area contributed by atoms with E-state index in [2.05, 4.69) is 16.0 Å². The summed E-state index contributed by atoms with van der Waals surface area (Å²) in [5.41, 5.74) is 3.13. The molecule has 0 atom stereocenters. The van der Waals surface area contributed by atoms with Gasteiger partial charge in [0.05, 0.1) is 36.4 Å². The van der Waals surface area contributed by atoms with Crippen LogP contribution in [0, 0.1) is 18.3 Å². The molecule has 8 nitrogen and oxygen atoms in total. The number of nitrogens with one attached hydrogen (secondary N) is 1. The molecule has 31 heavy (non-hydrogen) atoms. The summed E-state index contributed by atoms with van der Waals surface area (Å²) < 4.78 is 4.86. The number of Topliss-reactive ketones (excluding diaryl/α,β-unsaturated/α-hetero) is 1. The first-order valence-corrected chi connectivity index (χ1v) is 10.2. The Kier molecular flexibility index (Phi) is 6.75. The highest BCUT2D eigenvalue weighted by Crippen LogP contribution is 2.22. The van der Waals surface area contributed by atoms with Gasteiger partial charge >= 0.3 is 5.97 Å². The number of hydrogen-bond acceptors (Lipinski definition) is 6. The Balaban J connectivity index is 1.72. The van der Waals surface area contributed by atoms with Crippen molar-refractivity contribution in [1.29, 1.82) is 5.26 Å². The van der Waals surface area contributed by atoms with Gasteiger partial charge < -0.3 is 19.5 Å². The van der Waals surface area contributed by atoms with Crippen molar-refractivity contribution in [3.05, 3.63) is 52.3 Å². The number of ketones is 1.